The molecular formula is C37H54N6O5. The topological polar surface area (TPSA) is 131 Å². The molecule has 0 saturated carbocycles. The van der Waals surface area contributed by atoms with Crippen LogP contribution in [0.5, 0.6) is 0 Å². The molecule has 48 heavy (non-hydrogen) atoms. The Morgan fingerprint density at radius 3 is 2.06 bits per heavy atom. The average Bonchev–Trinajstić information content (AvgIpc) is 3.52. The molecule has 1 heterocycles. The zero-order valence-electron chi connectivity index (χ0n) is 29.9. The molecule has 0 unspecified atom stereocenters. The van der Waals surface area contributed by atoms with Crippen molar-refractivity contribution in [3.8, 4) is 0 Å². The first-order valence-corrected chi connectivity index (χ1v) is 16.9. The molecule has 0 bridgehead atoms. The lowest BCUT2D eigenvalue weighted by Gasteiger charge is -2.38. The van der Waals surface area contributed by atoms with Gasteiger partial charge in [0, 0.05) is 31.4 Å². The number of benzene rings is 2. The third kappa shape index (κ3) is 9.65. The second-order valence-electron chi connectivity index (χ2n) is 13.9. The molecule has 0 spiro atoms. The molecule has 2 aromatic rings. The van der Waals surface area contributed by atoms with Crippen molar-refractivity contribution >= 4 is 35.2 Å². The van der Waals surface area contributed by atoms with E-state index >= 15 is 0 Å². The van der Waals surface area contributed by atoms with E-state index in [0.29, 0.717) is 37.2 Å². The van der Waals surface area contributed by atoms with Crippen molar-refractivity contribution in [2.75, 3.05) is 33.0 Å². The van der Waals surface area contributed by atoms with Crippen molar-refractivity contribution < 1.29 is 24.0 Å². The monoisotopic (exact) mass is 662 g/mol. The lowest BCUT2D eigenvalue weighted by Crippen LogP contribution is -2.60. The molecular weight excluding hydrogens is 608 g/mol. The molecule has 5 amide bonds. The van der Waals surface area contributed by atoms with E-state index in [2.05, 4.69) is 16.0 Å². The molecule has 11 heteroatoms. The van der Waals surface area contributed by atoms with Gasteiger partial charge in [-0.3, -0.25) is 28.9 Å². The number of hydrogen-bond acceptors (Lipinski definition) is 6. The van der Waals surface area contributed by atoms with Crippen LogP contribution in [-0.4, -0.2) is 96.1 Å². The Morgan fingerprint density at radius 1 is 0.833 bits per heavy atom. The highest BCUT2D eigenvalue weighted by Gasteiger charge is 2.42. The van der Waals surface area contributed by atoms with Gasteiger partial charge in [0.15, 0.2) is 0 Å². The van der Waals surface area contributed by atoms with Crippen LogP contribution in [0, 0.1) is 17.8 Å². The summed E-state index contributed by atoms with van der Waals surface area (Å²) in [7, 11) is 5.26. The second kappa shape index (κ2) is 17.2. The Bertz CT molecular complexity index is 1420. The van der Waals surface area contributed by atoms with Crippen LogP contribution in [-0.2, 0) is 25.7 Å². The Kier molecular flexibility index (Phi) is 13.7. The standard InChI is InChI=1S/C37H54N6O5/c1-23(2)30(40-35(46)31(24(3)4)41(7)8)36(47)42(9)32(25(5)6)37(48)43-20-14-19-29(43)34(45)39-28-18-13-17-27(21-28)33(44)38-22-26-15-11-10-12-16-26/h10-13,15-18,21,23-25,29-32H,14,19-20,22H2,1-9H3,(H,38,44)(H,39,45)(H,40,46)/t29-,30-,31-,32-/m0/s1. The fourth-order valence-corrected chi connectivity index (χ4v) is 6.46. The van der Waals surface area contributed by atoms with Gasteiger partial charge in [-0.1, -0.05) is 77.9 Å². The van der Waals surface area contributed by atoms with Gasteiger partial charge in [-0.15, -0.1) is 0 Å². The lowest BCUT2D eigenvalue weighted by molar-refractivity contribution is -0.150. The smallest absolute Gasteiger partial charge is 0.251 e. The van der Waals surface area contributed by atoms with Gasteiger partial charge in [0.2, 0.25) is 23.6 Å². The van der Waals surface area contributed by atoms with Gasteiger partial charge in [0.05, 0.1) is 6.04 Å². The molecule has 262 valence electrons. The number of amides is 5. The fourth-order valence-electron chi connectivity index (χ4n) is 6.46. The van der Waals surface area contributed by atoms with E-state index in [0.717, 1.165) is 5.56 Å². The minimum atomic E-state index is -0.838. The number of likely N-dealkylation sites (tertiary alicyclic amines) is 1. The maximum atomic E-state index is 14.1. The van der Waals surface area contributed by atoms with Gasteiger partial charge in [0.1, 0.15) is 18.1 Å². The predicted molar refractivity (Wildman–Crippen MR) is 188 cm³/mol. The number of carbonyl (C=O) groups excluding carboxylic acids is 5. The molecule has 0 radical (unpaired) electrons. The molecule has 1 aliphatic heterocycles. The van der Waals surface area contributed by atoms with Gasteiger partial charge < -0.3 is 25.8 Å². The van der Waals surface area contributed by atoms with Crippen molar-refractivity contribution in [1.82, 2.24) is 25.3 Å². The number of hydrogen-bond donors (Lipinski definition) is 3. The number of likely N-dealkylation sites (N-methyl/N-ethyl adjacent to an activating group) is 2. The summed E-state index contributed by atoms with van der Waals surface area (Å²) in [6.45, 7) is 12.1. The van der Waals surface area contributed by atoms with Crippen molar-refractivity contribution in [3.63, 3.8) is 0 Å². The quantitative estimate of drug-likeness (QED) is 0.283. The molecule has 0 aromatic heterocycles. The largest absolute Gasteiger partial charge is 0.348 e. The molecule has 1 fully saturated rings. The SMILES string of the molecule is CC(C)[C@H](NC(=O)[C@H](C(C)C)N(C)C)C(=O)N(C)[C@H](C(=O)N1CCC[C@H]1C(=O)Nc1cccc(C(=O)NCc2ccccc2)c1)C(C)C. The summed E-state index contributed by atoms with van der Waals surface area (Å²) < 4.78 is 0. The first-order valence-electron chi connectivity index (χ1n) is 16.9. The highest BCUT2D eigenvalue weighted by Crippen LogP contribution is 2.25. The number of anilines is 1. The first kappa shape index (κ1) is 38.2. The van der Waals surface area contributed by atoms with E-state index in [1.807, 2.05) is 90.9 Å². The first-order chi connectivity index (χ1) is 22.6. The van der Waals surface area contributed by atoms with E-state index in [-0.39, 0.29) is 47.3 Å². The number of nitrogens with one attached hydrogen (secondary N) is 3. The summed E-state index contributed by atoms with van der Waals surface area (Å²) in [4.78, 5) is 72.6. The number of rotatable bonds is 14. The summed E-state index contributed by atoms with van der Waals surface area (Å²) in [6.07, 6.45) is 1.11. The maximum Gasteiger partial charge on any atom is 0.251 e. The van der Waals surface area contributed by atoms with Crippen LogP contribution in [0.3, 0.4) is 0 Å². The maximum absolute atomic E-state index is 14.1. The third-order valence-corrected chi connectivity index (χ3v) is 8.86. The van der Waals surface area contributed by atoms with Crippen LogP contribution in [0.4, 0.5) is 5.69 Å². The lowest BCUT2D eigenvalue weighted by atomic mass is 9.96. The van der Waals surface area contributed by atoms with Crippen molar-refractivity contribution in [1.29, 1.82) is 0 Å². The second-order valence-corrected chi connectivity index (χ2v) is 13.9. The Hall–Kier alpha value is -4.25. The number of carbonyl (C=O) groups is 5. The highest BCUT2D eigenvalue weighted by molar-refractivity contribution is 6.01. The van der Waals surface area contributed by atoms with Gasteiger partial charge in [0.25, 0.3) is 5.91 Å². The molecule has 11 nitrogen and oxygen atoms in total. The van der Waals surface area contributed by atoms with Gasteiger partial charge in [-0.2, -0.15) is 0 Å². The van der Waals surface area contributed by atoms with Crippen LogP contribution in [0.15, 0.2) is 54.6 Å². The van der Waals surface area contributed by atoms with Crippen molar-refractivity contribution in [3.05, 3.63) is 65.7 Å². The van der Waals surface area contributed by atoms with E-state index in [1.165, 1.54) is 4.90 Å². The van der Waals surface area contributed by atoms with Gasteiger partial charge in [-0.25, -0.2) is 0 Å². The predicted octanol–water partition coefficient (Wildman–Crippen LogP) is 3.76. The summed E-state index contributed by atoms with van der Waals surface area (Å²) >= 11 is 0. The van der Waals surface area contributed by atoms with Crippen LogP contribution in [0.1, 0.15) is 70.3 Å². The number of nitrogens with zero attached hydrogens (tertiary/aromatic N) is 3. The fraction of sp³-hybridized carbons (Fsp3) is 0.541. The third-order valence-electron chi connectivity index (χ3n) is 8.86. The van der Waals surface area contributed by atoms with E-state index in [4.69, 9.17) is 0 Å². The Morgan fingerprint density at radius 2 is 1.48 bits per heavy atom. The van der Waals surface area contributed by atoms with Crippen molar-refractivity contribution in [2.45, 2.75) is 85.1 Å². The van der Waals surface area contributed by atoms with Crippen LogP contribution in [0.25, 0.3) is 0 Å². The zero-order valence-corrected chi connectivity index (χ0v) is 29.9. The summed E-state index contributed by atoms with van der Waals surface area (Å²) in [5.74, 6) is -1.96. The summed E-state index contributed by atoms with van der Waals surface area (Å²) in [5, 5.41) is 8.75. The van der Waals surface area contributed by atoms with Gasteiger partial charge in [-0.05, 0) is 68.5 Å². The van der Waals surface area contributed by atoms with Gasteiger partial charge >= 0.3 is 0 Å². The van der Waals surface area contributed by atoms with E-state index in [9.17, 15) is 24.0 Å². The van der Waals surface area contributed by atoms with Crippen LogP contribution >= 0.6 is 0 Å². The van der Waals surface area contributed by atoms with E-state index < -0.39 is 24.2 Å². The molecule has 0 aliphatic carbocycles. The Balaban J connectivity index is 1.72. The molecule has 3 rings (SSSR count). The molecule has 4 atom stereocenters. The molecule has 1 aliphatic rings. The summed E-state index contributed by atoms with van der Waals surface area (Å²) in [5.41, 5.74) is 1.83. The van der Waals surface area contributed by atoms with Crippen molar-refractivity contribution in [2.24, 2.45) is 17.8 Å². The van der Waals surface area contributed by atoms with Crippen LogP contribution in [0.2, 0.25) is 0 Å². The summed E-state index contributed by atoms with van der Waals surface area (Å²) in [6, 6.07) is 13.5. The highest BCUT2D eigenvalue weighted by atomic mass is 16.2. The van der Waals surface area contributed by atoms with Crippen LogP contribution < -0.4 is 16.0 Å². The average molecular weight is 663 g/mol. The zero-order chi connectivity index (χ0) is 35.7. The van der Waals surface area contributed by atoms with E-state index in [1.54, 1.807) is 36.2 Å². The Labute approximate surface area is 285 Å². The molecule has 2 aromatic carbocycles. The normalized spacial score (nSPS) is 16.5. The molecule has 1 saturated heterocycles. The minimum Gasteiger partial charge on any atom is -0.348 e. The molecule has 3 N–H and O–H groups in total. The minimum absolute atomic E-state index is 0.0307.